The van der Waals surface area contributed by atoms with Crippen molar-refractivity contribution in [3.8, 4) is 0 Å². The summed E-state index contributed by atoms with van der Waals surface area (Å²) in [5.41, 5.74) is 0.888. The third-order valence-electron chi connectivity index (χ3n) is 2.40. The second-order valence-electron chi connectivity index (χ2n) is 4.08. The average Bonchev–Trinajstić information content (AvgIpc) is 2.68. The van der Waals surface area contributed by atoms with E-state index in [1.54, 1.807) is 30.3 Å². The summed E-state index contributed by atoms with van der Waals surface area (Å²) in [5, 5.41) is 0.554. The molecule has 0 aliphatic carbocycles. The zero-order chi connectivity index (χ0) is 13.3. The molecule has 2 aromatic rings. The molecule has 6 heteroatoms. The van der Waals surface area contributed by atoms with Gasteiger partial charge in [-0.15, -0.1) is 11.3 Å². The van der Waals surface area contributed by atoms with Crippen molar-refractivity contribution < 1.29 is 4.79 Å². The minimum Gasteiger partial charge on any atom is -0.348 e. The molecule has 0 bridgehead atoms. The minimum atomic E-state index is -0.129. The summed E-state index contributed by atoms with van der Waals surface area (Å²) >= 11 is 8.99. The molecule has 0 N–H and O–H groups in total. The standard InChI is InChI=1S/C12H13ClN2OS2/c1-7(11(16)15(2)3)17-12-14-9-6-8(13)4-5-10(9)18-12/h4-7H,1-3H3/t7-/m0/s1. The van der Waals surface area contributed by atoms with E-state index in [2.05, 4.69) is 4.98 Å². The molecule has 1 aromatic heterocycles. The zero-order valence-corrected chi connectivity index (χ0v) is 12.7. The minimum absolute atomic E-state index is 0.0947. The number of hydrogen-bond acceptors (Lipinski definition) is 4. The van der Waals surface area contributed by atoms with E-state index in [0.29, 0.717) is 5.02 Å². The highest BCUT2D eigenvalue weighted by molar-refractivity contribution is 8.02. The van der Waals surface area contributed by atoms with Crippen molar-refractivity contribution in [2.24, 2.45) is 0 Å². The van der Waals surface area contributed by atoms with E-state index in [4.69, 9.17) is 11.6 Å². The largest absolute Gasteiger partial charge is 0.348 e. The fourth-order valence-corrected chi connectivity index (χ4v) is 4.00. The second-order valence-corrected chi connectivity index (χ2v) is 7.14. The summed E-state index contributed by atoms with van der Waals surface area (Å²) in [7, 11) is 3.52. The van der Waals surface area contributed by atoms with Crippen LogP contribution < -0.4 is 0 Å². The Morgan fingerprint density at radius 2 is 2.22 bits per heavy atom. The van der Waals surface area contributed by atoms with Crippen LogP contribution in [0.2, 0.25) is 5.02 Å². The van der Waals surface area contributed by atoms with Gasteiger partial charge in [0.05, 0.1) is 15.5 Å². The molecule has 0 aliphatic rings. The Hall–Kier alpha value is -0.780. The van der Waals surface area contributed by atoms with E-state index in [-0.39, 0.29) is 11.2 Å². The van der Waals surface area contributed by atoms with Crippen LogP contribution in [0.25, 0.3) is 10.2 Å². The third-order valence-corrected chi connectivity index (χ3v) is 4.85. The third kappa shape index (κ3) is 2.96. The zero-order valence-electron chi connectivity index (χ0n) is 10.3. The smallest absolute Gasteiger partial charge is 0.235 e. The number of benzene rings is 1. The van der Waals surface area contributed by atoms with Gasteiger partial charge >= 0.3 is 0 Å². The summed E-state index contributed by atoms with van der Waals surface area (Å²) in [6, 6.07) is 5.65. The van der Waals surface area contributed by atoms with Gasteiger partial charge in [-0.1, -0.05) is 23.4 Å². The maximum Gasteiger partial charge on any atom is 0.235 e. The van der Waals surface area contributed by atoms with Crippen LogP contribution in [-0.2, 0) is 4.79 Å². The second kappa shape index (κ2) is 5.47. The van der Waals surface area contributed by atoms with Crippen molar-refractivity contribution in [2.75, 3.05) is 14.1 Å². The summed E-state index contributed by atoms with van der Waals surface area (Å²) in [6.07, 6.45) is 0. The maximum atomic E-state index is 11.8. The van der Waals surface area contributed by atoms with Gasteiger partial charge in [-0.2, -0.15) is 0 Å². The van der Waals surface area contributed by atoms with E-state index >= 15 is 0 Å². The Morgan fingerprint density at radius 1 is 1.50 bits per heavy atom. The molecule has 0 radical (unpaired) electrons. The van der Waals surface area contributed by atoms with Crippen LogP contribution in [0, 0.1) is 0 Å². The molecule has 0 spiro atoms. The molecule has 0 saturated carbocycles. The molecule has 0 saturated heterocycles. The lowest BCUT2D eigenvalue weighted by Gasteiger charge is -2.14. The molecule has 1 heterocycles. The number of amides is 1. The number of fused-ring (bicyclic) bond motifs is 1. The molecule has 0 aliphatic heterocycles. The van der Waals surface area contributed by atoms with Crippen molar-refractivity contribution in [3.63, 3.8) is 0 Å². The number of carbonyl (C=O) groups excluding carboxylic acids is 1. The van der Waals surface area contributed by atoms with E-state index in [9.17, 15) is 4.79 Å². The molecular formula is C12H13ClN2OS2. The maximum absolute atomic E-state index is 11.8. The van der Waals surface area contributed by atoms with Crippen LogP contribution in [0.3, 0.4) is 0 Å². The molecule has 2 rings (SSSR count). The number of halogens is 1. The molecule has 1 aromatic carbocycles. The number of nitrogens with zero attached hydrogens (tertiary/aromatic N) is 2. The van der Waals surface area contributed by atoms with Crippen molar-refractivity contribution in [1.82, 2.24) is 9.88 Å². The number of hydrogen-bond donors (Lipinski definition) is 0. The summed E-state index contributed by atoms with van der Waals surface area (Å²) in [6.45, 7) is 1.89. The van der Waals surface area contributed by atoms with Gasteiger partial charge < -0.3 is 4.90 Å². The van der Waals surface area contributed by atoms with E-state index in [0.717, 1.165) is 14.6 Å². The van der Waals surface area contributed by atoms with Gasteiger partial charge in [-0.05, 0) is 25.1 Å². The molecule has 0 fully saturated rings. The summed E-state index contributed by atoms with van der Waals surface area (Å²) < 4.78 is 1.99. The first-order valence-corrected chi connectivity index (χ1v) is 7.48. The highest BCUT2D eigenvalue weighted by Gasteiger charge is 2.18. The lowest BCUT2D eigenvalue weighted by molar-refractivity contribution is -0.127. The topological polar surface area (TPSA) is 33.2 Å². The molecule has 0 unspecified atom stereocenters. The normalized spacial score (nSPS) is 12.7. The Bertz CT molecular complexity index is 582. The predicted molar refractivity (Wildman–Crippen MR) is 78.6 cm³/mol. The number of aromatic nitrogens is 1. The SMILES string of the molecule is C[C@H](Sc1nc2cc(Cl)ccc2s1)C(=O)N(C)C. The van der Waals surface area contributed by atoms with Gasteiger partial charge in [0.15, 0.2) is 4.34 Å². The molecule has 18 heavy (non-hydrogen) atoms. The number of thiazole rings is 1. The first-order chi connectivity index (χ1) is 8.47. The van der Waals surface area contributed by atoms with Crippen molar-refractivity contribution in [3.05, 3.63) is 23.2 Å². The van der Waals surface area contributed by atoms with Gasteiger partial charge in [0, 0.05) is 19.1 Å². The van der Waals surface area contributed by atoms with Crippen LogP contribution in [0.4, 0.5) is 0 Å². The number of rotatable bonds is 3. The van der Waals surface area contributed by atoms with Crippen LogP contribution >= 0.6 is 34.7 Å². The highest BCUT2D eigenvalue weighted by atomic mass is 35.5. The van der Waals surface area contributed by atoms with E-state index in [1.165, 1.54) is 11.8 Å². The lowest BCUT2D eigenvalue weighted by atomic mass is 10.3. The highest BCUT2D eigenvalue weighted by Crippen LogP contribution is 2.33. The van der Waals surface area contributed by atoms with Crippen molar-refractivity contribution in [1.29, 1.82) is 0 Å². The van der Waals surface area contributed by atoms with Crippen molar-refractivity contribution in [2.45, 2.75) is 16.5 Å². The first kappa shape index (κ1) is 13.6. The van der Waals surface area contributed by atoms with Gasteiger partial charge in [0.1, 0.15) is 0 Å². The van der Waals surface area contributed by atoms with Gasteiger partial charge in [-0.3, -0.25) is 4.79 Å². The molecule has 1 amide bonds. The molecule has 1 atom stereocenters. The Balaban J connectivity index is 2.19. The predicted octanol–water partition coefficient (Wildman–Crippen LogP) is 3.52. The Kier molecular flexibility index (Phi) is 4.14. The lowest BCUT2D eigenvalue weighted by Crippen LogP contribution is -2.29. The molecular weight excluding hydrogens is 288 g/mol. The quantitative estimate of drug-likeness (QED) is 0.813. The van der Waals surface area contributed by atoms with Crippen LogP contribution in [0.5, 0.6) is 0 Å². The van der Waals surface area contributed by atoms with E-state index in [1.807, 2.05) is 25.1 Å². The van der Waals surface area contributed by atoms with Crippen LogP contribution in [0.15, 0.2) is 22.5 Å². The number of carbonyl (C=O) groups is 1. The molecule has 96 valence electrons. The fourth-order valence-electron chi connectivity index (χ4n) is 1.50. The summed E-state index contributed by atoms with van der Waals surface area (Å²) in [4.78, 5) is 17.9. The first-order valence-electron chi connectivity index (χ1n) is 5.41. The van der Waals surface area contributed by atoms with Gasteiger partial charge in [0.2, 0.25) is 5.91 Å². The van der Waals surface area contributed by atoms with Gasteiger partial charge in [0.25, 0.3) is 0 Å². The van der Waals surface area contributed by atoms with Crippen LogP contribution in [-0.4, -0.2) is 35.1 Å². The van der Waals surface area contributed by atoms with E-state index < -0.39 is 0 Å². The van der Waals surface area contributed by atoms with Crippen LogP contribution in [0.1, 0.15) is 6.92 Å². The monoisotopic (exact) mass is 300 g/mol. The Morgan fingerprint density at radius 3 is 2.89 bits per heavy atom. The fraction of sp³-hybridized carbons (Fsp3) is 0.333. The average molecular weight is 301 g/mol. The Labute approximate surface area is 119 Å². The van der Waals surface area contributed by atoms with Gasteiger partial charge in [-0.25, -0.2) is 4.98 Å². The molecule has 3 nitrogen and oxygen atoms in total. The summed E-state index contributed by atoms with van der Waals surface area (Å²) in [5.74, 6) is 0.0947. The van der Waals surface area contributed by atoms with Crippen molar-refractivity contribution >= 4 is 50.8 Å². The number of thioether (sulfide) groups is 1.